The Bertz CT molecular complexity index is 6500. The van der Waals surface area contributed by atoms with E-state index in [2.05, 4.69) is 4.98 Å². The quantitative estimate of drug-likeness (QED) is 0.0898. The molecule has 149 heavy (non-hydrogen) atoms. The van der Waals surface area contributed by atoms with E-state index in [0.29, 0.717) is 124 Å². The van der Waals surface area contributed by atoms with Gasteiger partial charge in [-0.1, -0.05) is 101 Å². The number of amides is 4. The predicted octanol–water partition coefficient (Wildman–Crippen LogP) is 13.1. The molecule has 3 saturated heterocycles. The Labute approximate surface area is 865 Å². The van der Waals surface area contributed by atoms with Crippen LogP contribution in [0.4, 0.5) is 8.78 Å². The van der Waals surface area contributed by atoms with Crippen molar-refractivity contribution in [2.24, 2.45) is 98.6 Å². The summed E-state index contributed by atoms with van der Waals surface area (Å²) in [6.07, 6.45) is 9.74. The first-order valence-electron chi connectivity index (χ1n) is 53.6. The molecular weight excluding hydrogens is 1950 g/mol. The van der Waals surface area contributed by atoms with Gasteiger partial charge in [-0.3, -0.25) is 71.2 Å². The third-order valence-corrected chi connectivity index (χ3v) is 37.2. The molecule has 8 saturated carbocycles. The lowest BCUT2D eigenvalue weighted by Crippen LogP contribution is -2.49. The van der Waals surface area contributed by atoms with Crippen molar-refractivity contribution >= 4 is 102 Å². The van der Waals surface area contributed by atoms with Crippen LogP contribution in [0.5, 0.6) is 35.3 Å². The fourth-order valence-corrected chi connectivity index (χ4v) is 26.9. The molecular formula is C110H144F2N10O26S. The predicted molar refractivity (Wildman–Crippen MR) is 538 cm³/mol. The normalized spacial score (nSPS) is 31.7. The highest BCUT2D eigenvalue weighted by molar-refractivity contribution is 7.91. The molecule has 0 unspecified atom stereocenters. The number of alkyl halides is 2. The number of benzene rings is 3. The number of nitrogens with one attached hydrogen (secondary N) is 1. The van der Waals surface area contributed by atoms with Crippen molar-refractivity contribution in [1.82, 2.24) is 48.1 Å². The van der Waals surface area contributed by atoms with Gasteiger partial charge in [0, 0.05) is 69.4 Å². The van der Waals surface area contributed by atoms with Crippen LogP contribution in [0.25, 0.3) is 32.7 Å². The molecule has 8 aliphatic carbocycles. The van der Waals surface area contributed by atoms with Gasteiger partial charge in [0.15, 0.2) is 5.78 Å². The number of ether oxygens (including phenoxy) is 10. The second-order valence-corrected chi connectivity index (χ2v) is 50.2. The number of hydrogen-bond acceptors (Lipinski definition) is 29. The standard InChI is InChI=1S/C43H56F2N4O10S.C34H45N3O8.C33H43N3O8/c1-41(2,3)29-19-35(51)59-34-16-23-15-28(23)26(34)9-7-6-8-14-48-37(52)27-11-10-24(57-5)17-31(27)46-40(48)58-25-18-32(49(22-25)38(29)53)33(50)21-43(20-30(43)36(44)45)39(54)47-60(55,56)42(4)12-13-42;1-34(2,3)25-17-29(38)45-28-14-19-13-24(19)22(28)9-7-6-8-12-36-30(39)23-11-10-20(42-4)15-26(23)35-33(36)44-21-16-27(32(41)43-5)37(18-21)31(25)40;1-33(2,3)24-16-28(38)44-27-13-18-12-23(18)21(27)8-6-5-7-11-35-29(39)22-10-9-19(37)14-25(22)34-32(35)43-20-15-26(31(41)42-4)36(17-20)30(24)40/h10-11,17,23,25-26,28-30,32,34,36H,6-9,12-16,18-22H2,1-5H3,(H,47,54);10-11,15,19,21-22,24-25,27-28H,6-9,12-14,16-18H2,1-5H3;9-10,14,18,20-21,23-24,26-27,37H,5-8,11-13,15-17H2,1-4H3/t23-,25+,26+,28-,29+,30-,32-,34+,43+;19-,21+,22+,24-,25+,27-,28+;18-,20+,21+,23-,24+,26-,27+/m000/s1. The number of ketones is 1. The van der Waals surface area contributed by atoms with E-state index in [-0.39, 0.29) is 153 Å². The van der Waals surface area contributed by atoms with Gasteiger partial charge in [0.1, 0.15) is 66.0 Å². The molecule has 14 aliphatic rings. The number of halogens is 2. The highest BCUT2D eigenvalue weighted by Gasteiger charge is 2.68. The molecule has 11 fully saturated rings. The second kappa shape index (κ2) is 42.3. The number of methoxy groups -OCH3 is 4. The van der Waals surface area contributed by atoms with Crippen LogP contribution in [0.15, 0.2) is 69.0 Å². The number of hydrogen-bond donors (Lipinski definition) is 2. The first-order valence-corrected chi connectivity index (χ1v) is 55.1. The molecule has 6 aromatic rings. The molecule has 9 heterocycles. The Kier molecular flexibility index (Phi) is 30.5. The topological polar surface area (TPSA) is 444 Å². The van der Waals surface area contributed by atoms with Crippen LogP contribution in [-0.4, -0.2) is 230 Å². The van der Waals surface area contributed by atoms with Crippen LogP contribution in [0.1, 0.15) is 249 Å². The molecule has 0 spiro atoms. The summed E-state index contributed by atoms with van der Waals surface area (Å²) in [4.78, 5) is 198. The third kappa shape index (κ3) is 22.6. The SMILES string of the molecule is COC(=O)[C@@H]1C[C@@H]2CN1C(=O)[C@H](C(C)(C)C)CC(=O)O[C@@H]1C[C@@H]3C[C@@H]3[C@H]1CCCCCn1c(nc3cc(O)ccc3c1=O)O2.COC(=O)[C@@H]1C[C@@H]2CN1C(=O)[C@H](C(C)(C)C)CC(=O)O[C@@H]1C[C@@H]3C[C@@H]3[C@H]1CCCCCn1c(nc3cc(OC)ccc3c1=O)O2.COc1ccc2c(=O)n3c(nc2c1)O[C@@H]1C[C@@H](C(=O)C[C@]2(C(=O)NS(=O)(=O)C4(C)CC4)C[C@H]2C(F)F)N(C1)C(=O)[C@H](C(C)(C)C)CC(=O)O[C@@H]1C[C@@H]2C[C@@H]2[C@H]1CCCCC3. The maximum atomic E-state index is 14.9. The summed E-state index contributed by atoms with van der Waals surface area (Å²) in [5.41, 5.74) is -3.72. The Morgan fingerprint density at radius 3 is 1.13 bits per heavy atom. The molecule has 36 nitrogen and oxygen atoms in total. The first kappa shape index (κ1) is 107. The van der Waals surface area contributed by atoms with E-state index in [4.69, 9.17) is 57.3 Å². The second-order valence-electron chi connectivity index (χ2n) is 48.0. The number of carbonyl (C=O) groups is 10. The van der Waals surface area contributed by atoms with Crippen molar-refractivity contribution in [3.63, 3.8) is 0 Å². The summed E-state index contributed by atoms with van der Waals surface area (Å²) in [5, 5.41) is 11.2. The Balaban J connectivity index is 0.000000149. The van der Waals surface area contributed by atoms with E-state index in [1.807, 2.05) is 67.0 Å². The zero-order valence-electron chi connectivity index (χ0n) is 87.9. The number of Topliss-reactive ketones (excluding diaryl/α,β-unsaturated/α-hetero) is 1. The molecule has 810 valence electrons. The van der Waals surface area contributed by atoms with Gasteiger partial charge >= 0.3 is 29.8 Å². The monoisotopic (exact) mass is 2090 g/mol. The van der Waals surface area contributed by atoms with E-state index in [1.165, 1.54) is 77.1 Å². The van der Waals surface area contributed by atoms with Crippen LogP contribution in [0.3, 0.4) is 0 Å². The lowest BCUT2D eigenvalue weighted by atomic mass is 9.77. The number of nitrogens with zero attached hydrogens (tertiary/aromatic N) is 9. The van der Waals surface area contributed by atoms with Crippen molar-refractivity contribution < 1.29 is 118 Å². The lowest BCUT2D eigenvalue weighted by molar-refractivity contribution is -0.160. The van der Waals surface area contributed by atoms with E-state index in [9.17, 15) is 84.6 Å². The average Bonchev–Trinajstić information content (AvgIpc) is 1.56. The van der Waals surface area contributed by atoms with Crippen molar-refractivity contribution in [2.75, 3.05) is 48.1 Å². The van der Waals surface area contributed by atoms with Gasteiger partial charge < -0.3 is 67.2 Å². The Hall–Kier alpha value is -11.4. The van der Waals surface area contributed by atoms with Crippen LogP contribution in [0, 0.1) is 98.6 Å². The van der Waals surface area contributed by atoms with Crippen molar-refractivity contribution in [1.29, 1.82) is 0 Å². The summed E-state index contributed by atoms with van der Waals surface area (Å²) >= 11 is 0. The number of carbonyl (C=O) groups excluding carboxylic acids is 10. The van der Waals surface area contributed by atoms with E-state index in [0.717, 1.165) is 96.3 Å². The van der Waals surface area contributed by atoms with E-state index >= 15 is 0 Å². The molecule has 20 rings (SSSR count). The fourth-order valence-electron chi connectivity index (χ4n) is 25.5. The fraction of sp³-hybridized carbons (Fsp3) is 0.691. The minimum atomic E-state index is -4.21. The van der Waals surface area contributed by atoms with Crippen LogP contribution in [-0.2, 0) is 101 Å². The third-order valence-electron chi connectivity index (χ3n) is 35.0. The average molecular weight is 2090 g/mol. The highest BCUT2D eigenvalue weighted by atomic mass is 32.2. The maximum Gasteiger partial charge on any atom is 0.328 e. The van der Waals surface area contributed by atoms with E-state index < -0.39 is 151 Å². The van der Waals surface area contributed by atoms with Gasteiger partial charge in [-0.2, -0.15) is 15.0 Å². The zero-order valence-corrected chi connectivity index (χ0v) is 88.7. The Morgan fingerprint density at radius 1 is 0.456 bits per heavy atom. The summed E-state index contributed by atoms with van der Waals surface area (Å²) in [6, 6.07) is 11.6. The Morgan fingerprint density at radius 2 is 0.799 bits per heavy atom. The first-order chi connectivity index (χ1) is 70.7. The van der Waals surface area contributed by atoms with Crippen molar-refractivity contribution in [2.45, 2.75) is 335 Å². The van der Waals surface area contributed by atoms with Gasteiger partial charge in [0.05, 0.1) is 134 Å². The number of phenols is 1. The number of esters is 5. The molecule has 6 aliphatic heterocycles. The molecule has 3 aromatic heterocycles. The summed E-state index contributed by atoms with van der Waals surface area (Å²) in [6.45, 7) is 19.4. The maximum absolute atomic E-state index is 14.9. The minimum Gasteiger partial charge on any atom is -0.508 e. The van der Waals surface area contributed by atoms with Gasteiger partial charge in [-0.05, 0) is 209 Å². The van der Waals surface area contributed by atoms with Crippen LogP contribution < -0.4 is 45.1 Å². The largest absolute Gasteiger partial charge is 0.508 e. The highest BCUT2D eigenvalue weighted by Crippen LogP contribution is 2.62. The lowest BCUT2D eigenvalue weighted by Gasteiger charge is -2.35. The number of fused-ring (bicyclic) bond motifs is 21. The van der Waals surface area contributed by atoms with Gasteiger partial charge in [-0.25, -0.2) is 26.8 Å². The minimum absolute atomic E-state index is 0.0189. The van der Waals surface area contributed by atoms with Crippen LogP contribution in [0.2, 0.25) is 0 Å². The van der Waals surface area contributed by atoms with Crippen molar-refractivity contribution in [3.8, 4) is 35.3 Å². The molecule has 0 radical (unpaired) electrons. The number of aromatic nitrogens is 6. The summed E-state index contributed by atoms with van der Waals surface area (Å²) in [5.74, 6) is -4.17. The van der Waals surface area contributed by atoms with Gasteiger partial charge in [0.2, 0.25) is 40.1 Å². The number of phenolic OH excluding ortho intramolecular Hbond substituents is 1. The summed E-state index contributed by atoms with van der Waals surface area (Å²) < 4.78 is 119. The molecule has 2 N–H and O–H groups in total. The molecule has 39 heteroatoms. The van der Waals surface area contributed by atoms with Gasteiger partial charge in [0.25, 0.3) is 34.7 Å². The number of rotatable bonds is 11. The van der Waals surface area contributed by atoms with Gasteiger partial charge in [-0.15, -0.1) is 0 Å². The summed E-state index contributed by atoms with van der Waals surface area (Å²) in [7, 11) is 1.40. The van der Waals surface area contributed by atoms with Crippen molar-refractivity contribution in [3.05, 3.63) is 85.7 Å². The number of sulfonamides is 1. The number of aromatic hydroxyl groups is 1. The smallest absolute Gasteiger partial charge is 0.328 e. The van der Waals surface area contributed by atoms with Crippen LogP contribution >= 0.6 is 0 Å². The molecule has 23 atom stereocenters. The van der Waals surface area contributed by atoms with E-state index in [1.54, 1.807) is 54.1 Å². The molecule has 3 aromatic carbocycles. The molecule has 4 amide bonds. The zero-order chi connectivity index (χ0) is 106. The molecule has 6 bridgehead atoms.